The van der Waals surface area contributed by atoms with E-state index >= 15 is 0 Å². The minimum atomic E-state index is 0.579. The molecule has 1 fully saturated rings. The van der Waals surface area contributed by atoms with Crippen molar-refractivity contribution >= 4 is 15.9 Å². The highest BCUT2D eigenvalue weighted by Crippen LogP contribution is 2.33. The van der Waals surface area contributed by atoms with Crippen molar-refractivity contribution in [3.8, 4) is 6.07 Å². The Hall–Kier alpha value is -0.880. The van der Waals surface area contributed by atoms with Crippen molar-refractivity contribution in [3.05, 3.63) is 28.0 Å². The summed E-state index contributed by atoms with van der Waals surface area (Å²) in [6, 6.07) is 4.09. The van der Waals surface area contributed by atoms with Crippen molar-refractivity contribution in [2.75, 3.05) is 0 Å². The fourth-order valence-corrected chi connectivity index (χ4v) is 2.29. The number of pyridine rings is 1. The molecule has 0 saturated heterocycles. The number of halogens is 1. The van der Waals surface area contributed by atoms with Crippen molar-refractivity contribution < 1.29 is 0 Å². The first-order valence-corrected chi connectivity index (χ1v) is 5.66. The molecular weight excluding hydrogens is 240 g/mol. The Morgan fingerprint density at radius 3 is 2.79 bits per heavy atom. The van der Waals surface area contributed by atoms with Gasteiger partial charge in [0, 0.05) is 17.8 Å². The summed E-state index contributed by atoms with van der Waals surface area (Å²) in [5.74, 6) is 0.579. The Morgan fingerprint density at radius 2 is 2.14 bits per heavy atom. The smallest absolute Gasteiger partial charge is 0.100 e. The van der Waals surface area contributed by atoms with Gasteiger partial charge in [-0.2, -0.15) is 5.26 Å². The number of nitrogens with zero attached hydrogens (tertiary/aromatic N) is 2. The quantitative estimate of drug-likeness (QED) is 0.767. The van der Waals surface area contributed by atoms with E-state index in [9.17, 15) is 0 Å². The van der Waals surface area contributed by atoms with Crippen molar-refractivity contribution in [1.82, 2.24) is 4.98 Å². The van der Waals surface area contributed by atoms with E-state index in [1.807, 2.05) is 6.07 Å². The van der Waals surface area contributed by atoms with Crippen molar-refractivity contribution in [1.29, 1.82) is 5.26 Å². The molecule has 0 aliphatic heterocycles. The Morgan fingerprint density at radius 1 is 1.43 bits per heavy atom. The fourth-order valence-electron chi connectivity index (χ4n) is 1.99. The van der Waals surface area contributed by atoms with Crippen molar-refractivity contribution in [2.24, 2.45) is 0 Å². The van der Waals surface area contributed by atoms with E-state index < -0.39 is 0 Å². The highest BCUT2D eigenvalue weighted by Gasteiger charge is 2.18. The first-order chi connectivity index (χ1) is 6.81. The summed E-state index contributed by atoms with van der Waals surface area (Å²) in [5, 5.41) is 8.88. The second-order valence-electron chi connectivity index (χ2n) is 3.68. The van der Waals surface area contributed by atoms with Crippen LogP contribution in [0.15, 0.2) is 16.7 Å². The zero-order valence-electron chi connectivity index (χ0n) is 7.83. The molecule has 0 amide bonds. The maximum Gasteiger partial charge on any atom is 0.100 e. The molecule has 1 heterocycles. The van der Waals surface area contributed by atoms with Crippen LogP contribution in [0.25, 0.3) is 0 Å². The van der Waals surface area contributed by atoms with Gasteiger partial charge in [0.15, 0.2) is 0 Å². The monoisotopic (exact) mass is 250 g/mol. The lowest BCUT2D eigenvalue weighted by atomic mass is 10.0. The normalized spacial score (nSPS) is 16.9. The molecule has 14 heavy (non-hydrogen) atoms. The molecule has 0 unspecified atom stereocenters. The molecule has 72 valence electrons. The maximum atomic E-state index is 8.88. The van der Waals surface area contributed by atoms with Crippen LogP contribution in [0.2, 0.25) is 0 Å². The van der Waals surface area contributed by atoms with Gasteiger partial charge in [-0.1, -0.05) is 12.8 Å². The summed E-state index contributed by atoms with van der Waals surface area (Å²) in [7, 11) is 0. The first kappa shape index (κ1) is 9.67. The molecule has 0 spiro atoms. The van der Waals surface area contributed by atoms with Crippen LogP contribution >= 0.6 is 15.9 Å². The summed E-state index contributed by atoms with van der Waals surface area (Å²) < 4.78 is 0.793. The van der Waals surface area contributed by atoms with E-state index in [4.69, 9.17) is 5.26 Å². The van der Waals surface area contributed by atoms with Gasteiger partial charge in [0.25, 0.3) is 0 Å². The van der Waals surface area contributed by atoms with Crippen LogP contribution in [0.1, 0.15) is 42.9 Å². The Bertz CT molecular complexity index is 375. The van der Waals surface area contributed by atoms with E-state index in [1.54, 1.807) is 6.20 Å². The number of aromatic nitrogens is 1. The van der Waals surface area contributed by atoms with E-state index in [0.717, 1.165) is 10.2 Å². The van der Waals surface area contributed by atoms with Crippen molar-refractivity contribution in [3.63, 3.8) is 0 Å². The largest absolute Gasteiger partial charge is 0.260 e. The van der Waals surface area contributed by atoms with Gasteiger partial charge >= 0.3 is 0 Å². The standard InChI is InChI=1S/C11H11BrN2/c12-10-7-14-11(5-9(10)6-13)8-3-1-2-4-8/h5,7-8H,1-4H2. The molecule has 0 N–H and O–H groups in total. The Balaban J connectivity index is 2.31. The summed E-state index contributed by atoms with van der Waals surface area (Å²) in [6.45, 7) is 0. The van der Waals surface area contributed by atoms with Crippen LogP contribution in [0.4, 0.5) is 0 Å². The molecule has 1 aliphatic carbocycles. The molecule has 0 atom stereocenters. The van der Waals surface area contributed by atoms with Gasteiger partial charge < -0.3 is 0 Å². The zero-order valence-corrected chi connectivity index (χ0v) is 9.42. The van der Waals surface area contributed by atoms with Gasteiger partial charge in [-0.05, 0) is 34.8 Å². The third kappa shape index (κ3) is 1.80. The summed E-state index contributed by atoms with van der Waals surface area (Å²) in [5.41, 5.74) is 1.78. The lowest BCUT2D eigenvalue weighted by Gasteiger charge is -2.08. The average molecular weight is 251 g/mol. The highest BCUT2D eigenvalue weighted by atomic mass is 79.9. The van der Waals surface area contributed by atoms with Gasteiger partial charge in [0.2, 0.25) is 0 Å². The minimum absolute atomic E-state index is 0.579. The molecule has 2 rings (SSSR count). The number of hydrogen-bond donors (Lipinski definition) is 0. The molecule has 1 saturated carbocycles. The van der Waals surface area contributed by atoms with Crippen molar-refractivity contribution in [2.45, 2.75) is 31.6 Å². The van der Waals surface area contributed by atoms with E-state index in [2.05, 4.69) is 27.0 Å². The van der Waals surface area contributed by atoms with Crippen LogP contribution in [0.3, 0.4) is 0 Å². The minimum Gasteiger partial charge on any atom is -0.260 e. The summed E-state index contributed by atoms with van der Waals surface area (Å²) in [6.07, 6.45) is 6.78. The lowest BCUT2D eigenvalue weighted by molar-refractivity contribution is 0.696. The predicted molar refractivity (Wildman–Crippen MR) is 57.9 cm³/mol. The molecule has 3 heteroatoms. The number of nitriles is 1. The predicted octanol–water partition coefficient (Wildman–Crippen LogP) is 3.37. The van der Waals surface area contributed by atoms with E-state index in [-0.39, 0.29) is 0 Å². The summed E-state index contributed by atoms with van der Waals surface area (Å²) in [4.78, 5) is 4.37. The van der Waals surface area contributed by atoms with Crippen LogP contribution < -0.4 is 0 Å². The molecule has 0 bridgehead atoms. The van der Waals surface area contributed by atoms with Crippen LogP contribution in [0, 0.1) is 11.3 Å². The average Bonchev–Trinajstić information content (AvgIpc) is 2.71. The van der Waals surface area contributed by atoms with Gasteiger partial charge in [0.1, 0.15) is 6.07 Å². The van der Waals surface area contributed by atoms with Crippen LogP contribution in [0.5, 0.6) is 0 Å². The molecular formula is C11H11BrN2. The second kappa shape index (κ2) is 4.10. The maximum absolute atomic E-state index is 8.88. The van der Waals surface area contributed by atoms with Gasteiger partial charge in [-0.25, -0.2) is 0 Å². The molecule has 1 aliphatic rings. The molecule has 2 nitrogen and oxygen atoms in total. The third-order valence-electron chi connectivity index (χ3n) is 2.77. The van der Waals surface area contributed by atoms with Crippen LogP contribution in [-0.2, 0) is 0 Å². The van der Waals surface area contributed by atoms with E-state index in [1.165, 1.54) is 25.7 Å². The third-order valence-corrected chi connectivity index (χ3v) is 3.40. The first-order valence-electron chi connectivity index (χ1n) is 4.87. The summed E-state index contributed by atoms with van der Waals surface area (Å²) >= 11 is 3.31. The van der Waals surface area contributed by atoms with Gasteiger partial charge in [0.05, 0.1) is 10.0 Å². The second-order valence-corrected chi connectivity index (χ2v) is 4.54. The van der Waals surface area contributed by atoms with E-state index in [0.29, 0.717) is 11.5 Å². The SMILES string of the molecule is N#Cc1cc(C2CCCC2)ncc1Br. The zero-order chi connectivity index (χ0) is 9.97. The molecule has 0 radical (unpaired) electrons. The van der Waals surface area contributed by atoms with Crippen LogP contribution in [-0.4, -0.2) is 4.98 Å². The Labute approximate surface area is 92.1 Å². The number of hydrogen-bond acceptors (Lipinski definition) is 2. The van der Waals surface area contributed by atoms with Gasteiger partial charge in [-0.15, -0.1) is 0 Å². The fraction of sp³-hybridized carbons (Fsp3) is 0.455. The highest BCUT2D eigenvalue weighted by molar-refractivity contribution is 9.10. The molecule has 1 aromatic rings. The molecule has 1 aromatic heterocycles. The number of rotatable bonds is 1. The lowest BCUT2D eigenvalue weighted by Crippen LogP contribution is -1.97. The Kier molecular flexibility index (Phi) is 2.83. The topological polar surface area (TPSA) is 36.7 Å². The van der Waals surface area contributed by atoms with Gasteiger partial charge in [-0.3, -0.25) is 4.98 Å². The molecule has 0 aromatic carbocycles.